The van der Waals surface area contributed by atoms with Crippen molar-refractivity contribution >= 4 is 23.1 Å². The Labute approximate surface area is 203 Å². The fourth-order valence-electron chi connectivity index (χ4n) is 5.67. The van der Waals surface area contributed by atoms with Crippen molar-refractivity contribution < 1.29 is 9.59 Å². The van der Waals surface area contributed by atoms with Crippen LogP contribution in [-0.2, 0) is 9.59 Å². The molecule has 5 rings (SSSR count). The quantitative estimate of drug-likeness (QED) is 0.616. The normalized spacial score (nSPS) is 20.0. The average molecular weight is 458 g/mol. The van der Waals surface area contributed by atoms with Crippen molar-refractivity contribution in [1.29, 1.82) is 0 Å². The zero-order chi connectivity index (χ0) is 23.8. The van der Waals surface area contributed by atoms with Crippen molar-refractivity contribution in [2.45, 2.75) is 58.9 Å². The Bertz CT molecular complexity index is 1140. The molecule has 0 atom stereocenters. The number of rotatable bonds is 4. The molecule has 178 valence electrons. The number of amides is 2. The van der Waals surface area contributed by atoms with Gasteiger partial charge in [0.1, 0.15) is 5.70 Å². The molecule has 2 amide bonds. The summed E-state index contributed by atoms with van der Waals surface area (Å²) in [7, 11) is 0. The van der Waals surface area contributed by atoms with Gasteiger partial charge in [-0.15, -0.1) is 0 Å². The Morgan fingerprint density at radius 1 is 0.735 bits per heavy atom. The van der Waals surface area contributed by atoms with Gasteiger partial charge in [0, 0.05) is 37.9 Å². The molecule has 2 heterocycles. The maximum absolute atomic E-state index is 13.8. The van der Waals surface area contributed by atoms with E-state index in [0.29, 0.717) is 11.3 Å². The molecule has 0 N–H and O–H groups in total. The summed E-state index contributed by atoms with van der Waals surface area (Å²) in [6, 6.07) is 14.7. The minimum Gasteiger partial charge on any atom is -0.368 e. The number of hydrogen-bond donors (Lipinski definition) is 0. The molecule has 1 saturated carbocycles. The third kappa shape index (κ3) is 4.13. The summed E-state index contributed by atoms with van der Waals surface area (Å²) in [6.07, 6.45) is 5.21. The summed E-state index contributed by atoms with van der Waals surface area (Å²) in [5.41, 5.74) is 6.89. The van der Waals surface area contributed by atoms with E-state index in [1.807, 2.05) is 6.07 Å². The van der Waals surface area contributed by atoms with Crippen molar-refractivity contribution in [3.05, 3.63) is 70.4 Å². The molecule has 1 aliphatic carbocycles. The summed E-state index contributed by atoms with van der Waals surface area (Å²) in [5.74, 6) is -0.189. The van der Waals surface area contributed by atoms with Gasteiger partial charge in [-0.1, -0.05) is 49.6 Å². The molecule has 0 radical (unpaired) electrons. The Kier molecular flexibility index (Phi) is 6.20. The first kappa shape index (κ1) is 22.7. The molecular weight excluding hydrogens is 422 g/mol. The molecule has 0 aromatic heterocycles. The van der Waals surface area contributed by atoms with Gasteiger partial charge in [0.2, 0.25) is 0 Å². The SMILES string of the molecule is Cc1cccc(N2CCN(C3=C(c4ccc(C)c(C)c4)C(=O)N(C4CCCCC4)C3=O)CC2)c1. The first-order chi connectivity index (χ1) is 16.4. The number of nitrogens with zero attached hydrogens (tertiary/aromatic N) is 3. The molecule has 5 nitrogen and oxygen atoms in total. The van der Waals surface area contributed by atoms with Gasteiger partial charge in [-0.05, 0) is 68.0 Å². The topological polar surface area (TPSA) is 43.9 Å². The van der Waals surface area contributed by atoms with Crippen molar-refractivity contribution in [1.82, 2.24) is 9.80 Å². The number of imide groups is 1. The van der Waals surface area contributed by atoms with Crippen molar-refractivity contribution in [3.8, 4) is 0 Å². The van der Waals surface area contributed by atoms with Crippen LogP contribution in [0, 0.1) is 20.8 Å². The lowest BCUT2D eigenvalue weighted by Gasteiger charge is -2.38. The first-order valence-corrected chi connectivity index (χ1v) is 12.7. The number of benzene rings is 2. The van der Waals surface area contributed by atoms with E-state index in [1.54, 1.807) is 4.90 Å². The van der Waals surface area contributed by atoms with Crippen LogP contribution in [0.2, 0.25) is 0 Å². The van der Waals surface area contributed by atoms with Crippen molar-refractivity contribution in [3.63, 3.8) is 0 Å². The predicted octanol–water partition coefficient (Wildman–Crippen LogP) is 4.85. The largest absolute Gasteiger partial charge is 0.368 e. The lowest BCUT2D eigenvalue weighted by Crippen LogP contribution is -2.48. The van der Waals surface area contributed by atoms with E-state index in [1.165, 1.54) is 23.2 Å². The fourth-order valence-corrected chi connectivity index (χ4v) is 5.67. The molecule has 34 heavy (non-hydrogen) atoms. The highest BCUT2D eigenvalue weighted by Crippen LogP contribution is 2.37. The molecule has 2 fully saturated rings. The first-order valence-electron chi connectivity index (χ1n) is 12.7. The molecule has 0 unspecified atom stereocenters. The summed E-state index contributed by atoms with van der Waals surface area (Å²) in [4.78, 5) is 33.8. The standard InChI is InChI=1S/C29H35N3O2/c1-20-8-7-11-25(18-20)30-14-16-31(17-15-30)27-26(23-13-12-21(2)22(3)19-23)28(33)32(29(27)34)24-9-5-4-6-10-24/h7-8,11-13,18-19,24H,4-6,9-10,14-17H2,1-3H3. The highest BCUT2D eigenvalue weighted by atomic mass is 16.2. The Hall–Kier alpha value is -3.08. The highest BCUT2D eigenvalue weighted by Gasteiger charge is 2.45. The molecular formula is C29H35N3O2. The maximum Gasteiger partial charge on any atom is 0.278 e. The van der Waals surface area contributed by atoms with Crippen molar-refractivity contribution in [2.75, 3.05) is 31.1 Å². The molecule has 2 aliphatic heterocycles. The third-order valence-electron chi connectivity index (χ3n) is 7.79. The van der Waals surface area contributed by atoms with Crippen LogP contribution < -0.4 is 4.90 Å². The number of carbonyl (C=O) groups excluding carboxylic acids is 2. The van der Waals surface area contributed by atoms with E-state index in [4.69, 9.17) is 0 Å². The van der Waals surface area contributed by atoms with Crippen LogP contribution >= 0.6 is 0 Å². The van der Waals surface area contributed by atoms with Gasteiger partial charge in [-0.25, -0.2) is 0 Å². The zero-order valence-electron chi connectivity index (χ0n) is 20.6. The van der Waals surface area contributed by atoms with Crippen LogP contribution in [0.3, 0.4) is 0 Å². The fraction of sp³-hybridized carbons (Fsp3) is 0.448. The van der Waals surface area contributed by atoms with Crippen molar-refractivity contribution in [2.24, 2.45) is 0 Å². The number of hydrogen-bond acceptors (Lipinski definition) is 4. The predicted molar refractivity (Wildman–Crippen MR) is 137 cm³/mol. The van der Waals surface area contributed by atoms with Gasteiger partial charge in [0.25, 0.3) is 11.8 Å². The van der Waals surface area contributed by atoms with Gasteiger partial charge < -0.3 is 9.80 Å². The second-order valence-corrected chi connectivity index (χ2v) is 10.1. The second-order valence-electron chi connectivity index (χ2n) is 10.1. The maximum atomic E-state index is 13.8. The van der Waals surface area contributed by atoms with E-state index < -0.39 is 0 Å². The summed E-state index contributed by atoms with van der Waals surface area (Å²) >= 11 is 0. The Morgan fingerprint density at radius 3 is 2.12 bits per heavy atom. The molecule has 0 spiro atoms. The summed E-state index contributed by atoms with van der Waals surface area (Å²) in [5, 5.41) is 0. The smallest absolute Gasteiger partial charge is 0.278 e. The van der Waals surface area contributed by atoms with E-state index in [-0.39, 0.29) is 17.9 Å². The van der Waals surface area contributed by atoms with Crippen LogP contribution in [0.25, 0.3) is 5.57 Å². The van der Waals surface area contributed by atoms with Crippen LogP contribution in [0.15, 0.2) is 48.2 Å². The lowest BCUT2D eigenvalue weighted by molar-refractivity contribution is -0.141. The van der Waals surface area contributed by atoms with Crippen LogP contribution in [0.5, 0.6) is 0 Å². The molecule has 2 aromatic rings. The number of anilines is 1. The highest BCUT2D eigenvalue weighted by molar-refractivity contribution is 6.35. The number of aryl methyl sites for hydroxylation is 3. The molecule has 2 aromatic carbocycles. The third-order valence-corrected chi connectivity index (χ3v) is 7.79. The van der Waals surface area contributed by atoms with Crippen LogP contribution in [-0.4, -0.2) is 53.8 Å². The van der Waals surface area contributed by atoms with Crippen LogP contribution in [0.1, 0.15) is 54.4 Å². The van der Waals surface area contributed by atoms with Gasteiger partial charge in [-0.3, -0.25) is 14.5 Å². The van der Waals surface area contributed by atoms with Crippen LogP contribution in [0.4, 0.5) is 5.69 Å². The number of piperazine rings is 1. The second kappa shape index (κ2) is 9.28. The Morgan fingerprint density at radius 2 is 1.44 bits per heavy atom. The Balaban J connectivity index is 1.47. The summed E-state index contributed by atoms with van der Waals surface area (Å²) in [6.45, 7) is 9.39. The monoisotopic (exact) mass is 457 g/mol. The molecule has 1 saturated heterocycles. The zero-order valence-corrected chi connectivity index (χ0v) is 20.6. The minimum atomic E-state index is -0.101. The van der Waals surface area contributed by atoms with E-state index >= 15 is 0 Å². The van der Waals surface area contributed by atoms with Gasteiger partial charge >= 0.3 is 0 Å². The van der Waals surface area contributed by atoms with E-state index in [9.17, 15) is 9.59 Å². The van der Waals surface area contributed by atoms with Gasteiger partial charge in [0.15, 0.2) is 0 Å². The average Bonchev–Trinajstić information content (AvgIpc) is 3.11. The van der Waals surface area contributed by atoms with Gasteiger partial charge in [-0.2, -0.15) is 0 Å². The molecule has 0 bridgehead atoms. The van der Waals surface area contributed by atoms with Gasteiger partial charge in [0.05, 0.1) is 5.57 Å². The van der Waals surface area contributed by atoms with E-state index in [2.05, 4.69) is 67.0 Å². The summed E-state index contributed by atoms with van der Waals surface area (Å²) < 4.78 is 0. The molecule has 3 aliphatic rings. The number of carbonyl (C=O) groups is 2. The minimum absolute atomic E-state index is 0.0291. The molecule has 5 heteroatoms. The van der Waals surface area contributed by atoms with E-state index in [0.717, 1.165) is 63.0 Å². The lowest BCUT2D eigenvalue weighted by atomic mass is 9.94.